The molecule has 1 fully saturated rings. The van der Waals surface area contributed by atoms with Crippen LogP contribution in [0.25, 0.3) is 0 Å². The Hall–Kier alpha value is -2.63. The summed E-state index contributed by atoms with van der Waals surface area (Å²) in [6.07, 6.45) is 10.3. The van der Waals surface area contributed by atoms with Crippen molar-refractivity contribution in [1.82, 2.24) is 9.80 Å². The molecule has 1 aliphatic heterocycles. The molecule has 0 aromatic heterocycles. The van der Waals surface area contributed by atoms with Crippen LogP contribution in [0, 0.1) is 0 Å². The Morgan fingerprint density at radius 1 is 0.970 bits per heavy atom. The lowest BCUT2D eigenvalue weighted by atomic mass is 9.86. The number of rotatable bonds is 5. The number of hydrogen-bond acceptors (Lipinski definition) is 4. The molecule has 1 atom stereocenters. The average molecular weight is 446 g/mol. The third-order valence-corrected chi connectivity index (χ3v) is 7.28. The molecule has 2 aromatic carbocycles. The van der Waals surface area contributed by atoms with Crippen LogP contribution in [0.2, 0.25) is 0 Å². The Kier molecular flexibility index (Phi) is 6.79. The van der Waals surface area contributed by atoms with Gasteiger partial charge >= 0.3 is 0 Å². The number of nitrogens with zero attached hydrogens (tertiary/aromatic N) is 2. The first-order valence-electron chi connectivity index (χ1n) is 12.5. The second kappa shape index (κ2) is 10.1. The Bertz CT molecular complexity index is 1010. The predicted octanol–water partition coefficient (Wildman–Crippen LogP) is 5.40. The monoisotopic (exact) mass is 445 g/mol. The van der Waals surface area contributed by atoms with Crippen molar-refractivity contribution in [1.29, 1.82) is 0 Å². The van der Waals surface area contributed by atoms with Crippen LogP contribution in [0.1, 0.15) is 66.1 Å². The van der Waals surface area contributed by atoms with Crippen molar-refractivity contribution in [2.45, 2.75) is 51.0 Å². The lowest BCUT2D eigenvalue weighted by molar-refractivity contribution is 0.102. The van der Waals surface area contributed by atoms with Crippen molar-refractivity contribution in [2.75, 3.05) is 38.5 Å². The number of hydrogen-bond donors (Lipinski definition) is 1. The van der Waals surface area contributed by atoms with Crippen LogP contribution < -0.4 is 10.1 Å². The van der Waals surface area contributed by atoms with Gasteiger partial charge in [0.25, 0.3) is 5.91 Å². The Balaban J connectivity index is 1.26. The molecule has 1 heterocycles. The molecule has 2 aliphatic carbocycles. The maximum atomic E-state index is 12.9. The topological polar surface area (TPSA) is 44.8 Å². The van der Waals surface area contributed by atoms with Gasteiger partial charge in [0.05, 0.1) is 0 Å². The number of anilines is 1. The molecule has 5 heteroatoms. The smallest absolute Gasteiger partial charge is 0.255 e. The maximum Gasteiger partial charge on any atom is 0.255 e. The Morgan fingerprint density at radius 3 is 2.55 bits per heavy atom. The molecule has 0 radical (unpaired) electrons. The van der Waals surface area contributed by atoms with Crippen molar-refractivity contribution >= 4 is 11.6 Å². The molecule has 1 amide bonds. The third kappa shape index (κ3) is 5.31. The fraction of sp³-hybridized carbons (Fsp3) is 0.464. The minimum Gasteiger partial charge on any atom is -0.462 e. The van der Waals surface area contributed by atoms with E-state index in [1.165, 1.54) is 36.8 Å². The minimum atomic E-state index is -0.0784. The molecule has 174 valence electrons. The number of allylic oxidation sites excluding steroid dienone is 2. The third-order valence-electron chi connectivity index (χ3n) is 7.28. The molecular formula is C28H35N3O2. The molecule has 1 unspecified atom stereocenters. The van der Waals surface area contributed by atoms with Gasteiger partial charge in [0.2, 0.25) is 0 Å². The summed E-state index contributed by atoms with van der Waals surface area (Å²) in [6, 6.07) is 14.4. The van der Waals surface area contributed by atoms with E-state index in [-0.39, 0.29) is 5.91 Å². The van der Waals surface area contributed by atoms with E-state index in [1.54, 1.807) is 0 Å². The van der Waals surface area contributed by atoms with Crippen molar-refractivity contribution < 1.29 is 9.53 Å². The van der Waals surface area contributed by atoms with Gasteiger partial charge < -0.3 is 15.0 Å². The number of fused-ring (bicyclic) bond motifs is 1. The van der Waals surface area contributed by atoms with Gasteiger partial charge in [-0.2, -0.15) is 0 Å². The number of nitrogens with one attached hydrogen (secondary N) is 1. The van der Waals surface area contributed by atoms with E-state index < -0.39 is 0 Å². The van der Waals surface area contributed by atoms with Crippen LogP contribution in [0.5, 0.6) is 5.75 Å². The van der Waals surface area contributed by atoms with Gasteiger partial charge in [0, 0.05) is 49.9 Å². The van der Waals surface area contributed by atoms with Gasteiger partial charge in [-0.3, -0.25) is 9.69 Å². The summed E-state index contributed by atoms with van der Waals surface area (Å²) in [7, 11) is 2.20. The number of aryl methyl sites for hydroxylation is 1. The first-order valence-corrected chi connectivity index (χ1v) is 12.5. The van der Waals surface area contributed by atoms with Crippen LogP contribution in [-0.4, -0.2) is 48.9 Å². The van der Waals surface area contributed by atoms with Crippen molar-refractivity contribution in [3.63, 3.8) is 0 Å². The van der Waals surface area contributed by atoms with Gasteiger partial charge in [-0.25, -0.2) is 0 Å². The molecule has 1 saturated heterocycles. The van der Waals surface area contributed by atoms with Crippen LogP contribution in [0.3, 0.4) is 0 Å². The molecular weight excluding hydrogens is 410 g/mol. The zero-order valence-corrected chi connectivity index (χ0v) is 19.7. The molecule has 5 nitrogen and oxygen atoms in total. The van der Waals surface area contributed by atoms with Gasteiger partial charge in [0.15, 0.2) is 0 Å². The Labute approximate surface area is 197 Å². The number of amides is 1. The zero-order chi connectivity index (χ0) is 22.6. The summed E-state index contributed by atoms with van der Waals surface area (Å²) in [6.45, 7) is 4.48. The first-order chi connectivity index (χ1) is 16.2. The number of carbonyl (C=O) groups excluding carboxylic acids is 1. The van der Waals surface area contributed by atoms with Gasteiger partial charge in [-0.1, -0.05) is 6.07 Å². The maximum absolute atomic E-state index is 12.9. The highest BCUT2D eigenvalue weighted by Gasteiger charge is 2.28. The Morgan fingerprint density at radius 2 is 1.79 bits per heavy atom. The molecule has 0 saturated carbocycles. The van der Waals surface area contributed by atoms with Gasteiger partial charge in [-0.05, 0) is 99.2 Å². The van der Waals surface area contributed by atoms with Gasteiger partial charge in [-0.15, -0.1) is 0 Å². The number of ether oxygens (including phenoxy) is 1. The van der Waals surface area contributed by atoms with Crippen LogP contribution >= 0.6 is 0 Å². The van der Waals surface area contributed by atoms with E-state index in [0.717, 1.165) is 62.6 Å². The van der Waals surface area contributed by atoms with E-state index in [1.807, 2.05) is 24.3 Å². The van der Waals surface area contributed by atoms with Crippen molar-refractivity contribution in [3.8, 4) is 5.75 Å². The van der Waals surface area contributed by atoms with E-state index >= 15 is 0 Å². The largest absolute Gasteiger partial charge is 0.462 e. The quantitative estimate of drug-likeness (QED) is 0.669. The SMILES string of the molecule is CN1CCN(C2CCCc3ccc(NC(=O)c4ccc(OC5=CCCCC5)cc4)cc32)CC1. The van der Waals surface area contributed by atoms with Crippen molar-refractivity contribution in [3.05, 3.63) is 71.0 Å². The lowest BCUT2D eigenvalue weighted by Gasteiger charge is -2.40. The summed E-state index contributed by atoms with van der Waals surface area (Å²) < 4.78 is 5.97. The standard InChI is InChI=1S/C28H35N3O2/c1-30-16-18-31(19-17-30)27-9-5-6-21-10-13-23(20-26(21)27)29-28(32)22-11-14-25(15-12-22)33-24-7-3-2-4-8-24/h7,10-15,20,27H,2-6,8-9,16-19H2,1H3,(H,29,32). The van der Waals surface area contributed by atoms with Crippen LogP contribution in [0.15, 0.2) is 54.3 Å². The summed E-state index contributed by atoms with van der Waals surface area (Å²) >= 11 is 0. The van der Waals surface area contributed by atoms with Gasteiger partial charge in [0.1, 0.15) is 11.5 Å². The summed E-state index contributed by atoms with van der Waals surface area (Å²) in [5.74, 6) is 1.76. The molecule has 2 aromatic rings. The van der Waals surface area contributed by atoms with Crippen LogP contribution in [-0.2, 0) is 6.42 Å². The summed E-state index contributed by atoms with van der Waals surface area (Å²) in [5, 5.41) is 3.12. The number of benzene rings is 2. The van der Waals surface area contributed by atoms with Crippen molar-refractivity contribution in [2.24, 2.45) is 0 Å². The molecule has 1 N–H and O–H groups in total. The predicted molar refractivity (Wildman–Crippen MR) is 133 cm³/mol. The summed E-state index contributed by atoms with van der Waals surface area (Å²) in [4.78, 5) is 18.0. The second-order valence-electron chi connectivity index (χ2n) is 9.66. The number of carbonyl (C=O) groups is 1. The molecule has 0 spiro atoms. The van der Waals surface area contributed by atoms with E-state index in [4.69, 9.17) is 4.74 Å². The highest BCUT2D eigenvalue weighted by molar-refractivity contribution is 6.04. The highest BCUT2D eigenvalue weighted by Crippen LogP contribution is 2.36. The van der Waals surface area contributed by atoms with E-state index in [9.17, 15) is 4.79 Å². The lowest BCUT2D eigenvalue weighted by Crippen LogP contribution is -2.46. The molecule has 0 bridgehead atoms. The minimum absolute atomic E-state index is 0.0784. The molecule has 5 rings (SSSR count). The highest BCUT2D eigenvalue weighted by atomic mass is 16.5. The number of likely N-dealkylation sites (N-methyl/N-ethyl adjacent to an activating group) is 1. The fourth-order valence-electron chi connectivity index (χ4n) is 5.30. The molecule has 3 aliphatic rings. The van der Waals surface area contributed by atoms with E-state index in [2.05, 4.69) is 46.4 Å². The average Bonchev–Trinajstić information content (AvgIpc) is 2.85. The first kappa shape index (κ1) is 22.2. The fourth-order valence-corrected chi connectivity index (χ4v) is 5.30. The van der Waals surface area contributed by atoms with Crippen LogP contribution in [0.4, 0.5) is 5.69 Å². The number of piperazine rings is 1. The molecule has 33 heavy (non-hydrogen) atoms. The second-order valence-corrected chi connectivity index (χ2v) is 9.66. The summed E-state index contributed by atoms with van der Waals surface area (Å²) in [5.41, 5.74) is 4.36. The normalized spacial score (nSPS) is 21.7. The van der Waals surface area contributed by atoms with E-state index in [0.29, 0.717) is 11.6 Å². The zero-order valence-electron chi connectivity index (χ0n) is 19.7.